The third-order valence-electron chi connectivity index (χ3n) is 0.948. The maximum absolute atomic E-state index is 8.28. The SMILES string of the molecule is N#Cc1ncc(N)c(N)n1. The lowest BCUT2D eigenvalue weighted by molar-refractivity contribution is 1.13. The van der Waals surface area contributed by atoms with Crippen molar-refractivity contribution in [2.45, 2.75) is 0 Å². The van der Waals surface area contributed by atoms with Crippen molar-refractivity contribution < 1.29 is 0 Å². The Labute approximate surface area is 57.3 Å². The van der Waals surface area contributed by atoms with Crippen LogP contribution < -0.4 is 11.5 Å². The zero-order valence-electron chi connectivity index (χ0n) is 5.07. The second-order valence-corrected chi connectivity index (χ2v) is 1.65. The van der Waals surface area contributed by atoms with E-state index in [0.717, 1.165) is 0 Å². The molecule has 0 aliphatic heterocycles. The molecule has 5 heteroatoms. The molecule has 0 saturated heterocycles. The largest absolute Gasteiger partial charge is 0.394 e. The zero-order chi connectivity index (χ0) is 7.56. The Hall–Kier alpha value is -1.83. The summed E-state index contributed by atoms with van der Waals surface area (Å²) in [5, 5.41) is 8.28. The highest BCUT2D eigenvalue weighted by Crippen LogP contribution is 2.06. The van der Waals surface area contributed by atoms with E-state index in [0.29, 0.717) is 5.69 Å². The molecular formula is C5H5N5. The predicted octanol–water partition coefficient (Wildman–Crippen LogP) is -0.487. The molecule has 1 aromatic heterocycles. The van der Waals surface area contributed by atoms with Gasteiger partial charge in [-0.1, -0.05) is 0 Å². The van der Waals surface area contributed by atoms with Crippen LogP contribution in [0.2, 0.25) is 0 Å². The third kappa shape index (κ3) is 0.951. The number of nitrogen functional groups attached to an aromatic ring is 2. The minimum atomic E-state index is 0.0340. The highest BCUT2D eigenvalue weighted by atomic mass is 15.0. The van der Waals surface area contributed by atoms with Crippen LogP contribution in [0.15, 0.2) is 6.20 Å². The first-order valence-corrected chi connectivity index (χ1v) is 2.52. The van der Waals surface area contributed by atoms with Crippen LogP contribution in [-0.2, 0) is 0 Å². The number of nitriles is 1. The van der Waals surface area contributed by atoms with Crippen molar-refractivity contribution in [3.05, 3.63) is 12.0 Å². The molecule has 0 amide bonds. The van der Waals surface area contributed by atoms with Crippen LogP contribution in [0.25, 0.3) is 0 Å². The Kier molecular flexibility index (Phi) is 1.38. The first-order valence-electron chi connectivity index (χ1n) is 2.52. The molecule has 0 aliphatic carbocycles. The van der Waals surface area contributed by atoms with E-state index in [9.17, 15) is 0 Å². The van der Waals surface area contributed by atoms with Gasteiger partial charge in [-0.05, 0) is 0 Å². The predicted molar refractivity (Wildman–Crippen MR) is 35.6 cm³/mol. The van der Waals surface area contributed by atoms with Crippen LogP contribution in [0, 0.1) is 11.3 Å². The summed E-state index contributed by atoms with van der Waals surface area (Å²) in [5.41, 5.74) is 10.8. The topological polar surface area (TPSA) is 102 Å². The zero-order valence-corrected chi connectivity index (χ0v) is 5.07. The van der Waals surface area contributed by atoms with E-state index in [1.54, 1.807) is 6.07 Å². The van der Waals surface area contributed by atoms with E-state index in [2.05, 4.69) is 9.97 Å². The average molecular weight is 135 g/mol. The minimum absolute atomic E-state index is 0.0340. The lowest BCUT2D eigenvalue weighted by Gasteiger charge is -1.94. The molecule has 0 aromatic carbocycles. The highest BCUT2D eigenvalue weighted by Gasteiger charge is 1.97. The molecule has 1 rings (SSSR count). The van der Waals surface area contributed by atoms with Gasteiger partial charge in [0.2, 0.25) is 5.82 Å². The van der Waals surface area contributed by atoms with Crippen molar-refractivity contribution in [3.63, 3.8) is 0 Å². The van der Waals surface area contributed by atoms with E-state index < -0.39 is 0 Å². The van der Waals surface area contributed by atoms with E-state index >= 15 is 0 Å². The molecule has 50 valence electrons. The fourth-order valence-electron chi connectivity index (χ4n) is 0.458. The standard InChI is InChI=1S/C5H5N5/c6-1-4-9-2-3(7)5(8)10-4/h2H,7H2,(H2,8,9,10). The Morgan fingerprint density at radius 1 is 1.50 bits per heavy atom. The van der Waals surface area contributed by atoms with Gasteiger partial charge in [0.25, 0.3) is 0 Å². The summed E-state index contributed by atoms with van der Waals surface area (Å²) >= 11 is 0. The molecule has 0 spiro atoms. The van der Waals surface area contributed by atoms with Crippen LogP contribution in [0.5, 0.6) is 0 Å². The van der Waals surface area contributed by atoms with E-state index in [4.69, 9.17) is 16.7 Å². The van der Waals surface area contributed by atoms with E-state index in [-0.39, 0.29) is 11.6 Å². The molecule has 0 atom stereocenters. The van der Waals surface area contributed by atoms with Gasteiger partial charge in [-0.2, -0.15) is 10.2 Å². The second-order valence-electron chi connectivity index (χ2n) is 1.65. The molecule has 0 aliphatic rings. The quantitative estimate of drug-likeness (QED) is 0.499. The number of rotatable bonds is 0. The minimum Gasteiger partial charge on any atom is -0.394 e. The van der Waals surface area contributed by atoms with Crippen LogP contribution in [0.1, 0.15) is 5.82 Å². The summed E-state index contributed by atoms with van der Waals surface area (Å²) in [6.45, 7) is 0. The van der Waals surface area contributed by atoms with Gasteiger partial charge < -0.3 is 11.5 Å². The molecule has 4 N–H and O–H groups in total. The van der Waals surface area contributed by atoms with E-state index in [1.165, 1.54) is 6.20 Å². The Bertz CT molecular complexity index is 287. The number of aromatic nitrogens is 2. The Morgan fingerprint density at radius 3 is 2.70 bits per heavy atom. The molecule has 0 unspecified atom stereocenters. The molecule has 5 nitrogen and oxygen atoms in total. The first-order chi connectivity index (χ1) is 4.74. The normalized spacial score (nSPS) is 8.70. The lowest BCUT2D eigenvalue weighted by atomic mass is 10.5. The van der Waals surface area contributed by atoms with E-state index in [1.807, 2.05) is 0 Å². The Balaban J connectivity index is 3.20. The van der Waals surface area contributed by atoms with Crippen molar-refractivity contribution in [1.29, 1.82) is 5.26 Å². The van der Waals surface area contributed by atoms with Crippen molar-refractivity contribution in [3.8, 4) is 6.07 Å². The summed E-state index contributed by atoms with van der Waals surface area (Å²) in [6.07, 6.45) is 1.31. The summed E-state index contributed by atoms with van der Waals surface area (Å²) in [5.74, 6) is 0.179. The highest BCUT2D eigenvalue weighted by molar-refractivity contribution is 5.56. The number of hydrogen-bond acceptors (Lipinski definition) is 5. The van der Waals surface area contributed by atoms with Crippen LogP contribution in [-0.4, -0.2) is 9.97 Å². The molecule has 0 fully saturated rings. The lowest BCUT2D eigenvalue weighted by Crippen LogP contribution is -2.00. The van der Waals surface area contributed by atoms with Crippen molar-refractivity contribution in [2.24, 2.45) is 0 Å². The number of hydrogen-bond donors (Lipinski definition) is 2. The summed E-state index contributed by atoms with van der Waals surface area (Å²) in [7, 11) is 0. The fourth-order valence-corrected chi connectivity index (χ4v) is 0.458. The first kappa shape index (κ1) is 6.29. The molecule has 0 saturated carbocycles. The molecule has 0 radical (unpaired) electrons. The molecular weight excluding hydrogens is 130 g/mol. The fraction of sp³-hybridized carbons (Fsp3) is 0. The van der Waals surface area contributed by atoms with Crippen molar-refractivity contribution in [2.75, 3.05) is 11.5 Å². The monoisotopic (exact) mass is 135 g/mol. The van der Waals surface area contributed by atoms with Crippen molar-refractivity contribution in [1.82, 2.24) is 9.97 Å². The Morgan fingerprint density at radius 2 is 2.20 bits per heavy atom. The molecule has 1 aromatic rings. The number of nitrogens with zero attached hydrogens (tertiary/aromatic N) is 3. The van der Waals surface area contributed by atoms with Crippen molar-refractivity contribution >= 4 is 11.5 Å². The van der Waals surface area contributed by atoms with Gasteiger partial charge in [0.15, 0.2) is 5.82 Å². The number of nitrogens with two attached hydrogens (primary N) is 2. The average Bonchev–Trinajstić information content (AvgIpc) is 1.95. The van der Waals surface area contributed by atoms with Crippen LogP contribution in [0.3, 0.4) is 0 Å². The number of anilines is 2. The summed E-state index contributed by atoms with van der Waals surface area (Å²) < 4.78 is 0. The molecule has 1 heterocycles. The van der Waals surface area contributed by atoms with Gasteiger partial charge >= 0.3 is 0 Å². The smallest absolute Gasteiger partial charge is 0.234 e. The molecule has 10 heavy (non-hydrogen) atoms. The van der Waals surface area contributed by atoms with Crippen LogP contribution >= 0.6 is 0 Å². The van der Waals surface area contributed by atoms with Gasteiger partial charge in [0, 0.05) is 0 Å². The van der Waals surface area contributed by atoms with Gasteiger partial charge in [-0.25, -0.2) is 4.98 Å². The summed E-state index contributed by atoms with van der Waals surface area (Å²) in [4.78, 5) is 7.15. The second kappa shape index (κ2) is 2.19. The van der Waals surface area contributed by atoms with Crippen LogP contribution in [0.4, 0.5) is 11.5 Å². The van der Waals surface area contributed by atoms with Gasteiger partial charge in [-0.15, -0.1) is 0 Å². The third-order valence-corrected chi connectivity index (χ3v) is 0.948. The van der Waals surface area contributed by atoms with Gasteiger partial charge in [-0.3, -0.25) is 0 Å². The summed E-state index contributed by atoms with van der Waals surface area (Å²) in [6, 6.07) is 1.74. The molecule has 0 bridgehead atoms. The van der Waals surface area contributed by atoms with Gasteiger partial charge in [0.1, 0.15) is 6.07 Å². The maximum Gasteiger partial charge on any atom is 0.234 e. The maximum atomic E-state index is 8.28. The van der Waals surface area contributed by atoms with Gasteiger partial charge in [0.05, 0.1) is 11.9 Å².